The molecule has 0 saturated carbocycles. The topological polar surface area (TPSA) is 26.3 Å². The number of Topliss-reactive ketones (excluding diaryl/α,β-unsaturated/α-hetero) is 1. The molecule has 0 aliphatic carbocycles. The maximum Gasteiger partial charge on any atom is 0.136 e. The zero-order valence-corrected chi connectivity index (χ0v) is 7.92. The molecule has 1 aliphatic rings. The summed E-state index contributed by atoms with van der Waals surface area (Å²) < 4.78 is 5.19. The van der Waals surface area contributed by atoms with Crippen molar-refractivity contribution in [3.8, 4) is 12.3 Å². The molecule has 0 aromatic heterocycles. The van der Waals surface area contributed by atoms with Crippen molar-refractivity contribution in [3.05, 3.63) is 0 Å². The molecule has 1 heterocycles. The molecule has 72 valence electrons. The monoisotopic (exact) mass is 180 g/mol. The van der Waals surface area contributed by atoms with E-state index in [4.69, 9.17) is 11.2 Å². The van der Waals surface area contributed by atoms with Crippen molar-refractivity contribution < 1.29 is 9.53 Å². The standard InChI is InChI=1S/C11H16O2/c1-2-3-4-5-11(12)10-6-8-13-9-7-10/h1,10H,3-9H2. The lowest BCUT2D eigenvalue weighted by molar-refractivity contribution is -0.125. The number of terminal acetylenes is 1. The minimum Gasteiger partial charge on any atom is -0.381 e. The van der Waals surface area contributed by atoms with Crippen LogP contribution in [-0.2, 0) is 9.53 Å². The first-order valence-corrected chi connectivity index (χ1v) is 4.88. The van der Waals surface area contributed by atoms with Gasteiger partial charge in [-0.1, -0.05) is 0 Å². The Morgan fingerprint density at radius 2 is 2.15 bits per heavy atom. The van der Waals surface area contributed by atoms with E-state index in [0.717, 1.165) is 38.9 Å². The fourth-order valence-electron chi connectivity index (χ4n) is 1.59. The molecule has 0 atom stereocenters. The number of unbranched alkanes of at least 4 members (excludes halogenated alkanes) is 1. The lowest BCUT2D eigenvalue weighted by Gasteiger charge is -2.20. The van der Waals surface area contributed by atoms with Gasteiger partial charge in [-0.15, -0.1) is 12.3 Å². The van der Waals surface area contributed by atoms with Gasteiger partial charge in [-0.3, -0.25) is 4.79 Å². The van der Waals surface area contributed by atoms with Crippen LogP contribution in [0, 0.1) is 18.3 Å². The van der Waals surface area contributed by atoms with Crippen LogP contribution in [0.25, 0.3) is 0 Å². The summed E-state index contributed by atoms with van der Waals surface area (Å²) in [5, 5.41) is 0. The van der Waals surface area contributed by atoms with Crippen molar-refractivity contribution in [3.63, 3.8) is 0 Å². The molecule has 0 amide bonds. The Bertz CT molecular complexity index is 197. The zero-order valence-electron chi connectivity index (χ0n) is 7.92. The molecule has 13 heavy (non-hydrogen) atoms. The summed E-state index contributed by atoms with van der Waals surface area (Å²) in [4.78, 5) is 11.5. The number of carbonyl (C=O) groups excluding carboxylic acids is 1. The van der Waals surface area contributed by atoms with Gasteiger partial charge in [-0.05, 0) is 19.3 Å². The summed E-state index contributed by atoms with van der Waals surface area (Å²) in [6.45, 7) is 1.48. The lowest BCUT2D eigenvalue weighted by atomic mass is 9.92. The summed E-state index contributed by atoms with van der Waals surface area (Å²) >= 11 is 0. The SMILES string of the molecule is C#CCCCC(=O)C1CCOCC1. The van der Waals surface area contributed by atoms with Crippen LogP contribution in [0.5, 0.6) is 0 Å². The quantitative estimate of drug-likeness (QED) is 0.487. The van der Waals surface area contributed by atoms with Crippen LogP contribution < -0.4 is 0 Å². The van der Waals surface area contributed by atoms with Crippen molar-refractivity contribution in [2.75, 3.05) is 13.2 Å². The van der Waals surface area contributed by atoms with Crippen molar-refractivity contribution in [1.82, 2.24) is 0 Å². The average Bonchev–Trinajstić information content (AvgIpc) is 2.19. The highest BCUT2D eigenvalue weighted by Crippen LogP contribution is 2.18. The number of rotatable bonds is 4. The fourth-order valence-corrected chi connectivity index (χ4v) is 1.59. The molecule has 0 N–H and O–H groups in total. The predicted octanol–water partition coefficient (Wildman–Crippen LogP) is 1.79. The van der Waals surface area contributed by atoms with E-state index in [0.29, 0.717) is 12.2 Å². The van der Waals surface area contributed by atoms with E-state index >= 15 is 0 Å². The Labute approximate surface area is 79.7 Å². The number of ketones is 1. The Balaban J connectivity index is 2.18. The van der Waals surface area contributed by atoms with Crippen molar-refractivity contribution in [1.29, 1.82) is 0 Å². The molecule has 0 radical (unpaired) electrons. The lowest BCUT2D eigenvalue weighted by Crippen LogP contribution is -2.23. The second-order valence-corrected chi connectivity index (χ2v) is 3.41. The molecule has 1 rings (SSSR count). The first kappa shape index (κ1) is 10.3. The Morgan fingerprint density at radius 3 is 2.77 bits per heavy atom. The normalized spacial score (nSPS) is 18.1. The van der Waals surface area contributed by atoms with E-state index in [2.05, 4.69) is 5.92 Å². The second kappa shape index (κ2) is 5.77. The first-order chi connectivity index (χ1) is 6.34. The van der Waals surface area contributed by atoms with Gasteiger partial charge in [0.05, 0.1) is 0 Å². The molecule has 2 heteroatoms. The third-order valence-corrected chi connectivity index (χ3v) is 2.42. The van der Waals surface area contributed by atoms with Gasteiger partial charge in [-0.25, -0.2) is 0 Å². The van der Waals surface area contributed by atoms with Gasteiger partial charge in [0, 0.05) is 32.0 Å². The maximum atomic E-state index is 11.5. The third-order valence-electron chi connectivity index (χ3n) is 2.42. The Kier molecular flexibility index (Phi) is 4.56. The minimum absolute atomic E-state index is 0.242. The largest absolute Gasteiger partial charge is 0.381 e. The van der Waals surface area contributed by atoms with Crippen molar-refractivity contribution >= 4 is 5.78 Å². The minimum atomic E-state index is 0.242. The number of hydrogen-bond acceptors (Lipinski definition) is 2. The van der Waals surface area contributed by atoms with Gasteiger partial charge < -0.3 is 4.74 Å². The van der Waals surface area contributed by atoms with Crippen LogP contribution in [0.2, 0.25) is 0 Å². The summed E-state index contributed by atoms with van der Waals surface area (Å²) in [5.41, 5.74) is 0. The highest BCUT2D eigenvalue weighted by molar-refractivity contribution is 5.81. The van der Waals surface area contributed by atoms with Crippen LogP contribution in [0.15, 0.2) is 0 Å². The van der Waals surface area contributed by atoms with E-state index < -0.39 is 0 Å². The Hall–Kier alpha value is -0.810. The summed E-state index contributed by atoms with van der Waals surface area (Å²) in [7, 11) is 0. The number of hydrogen-bond donors (Lipinski definition) is 0. The molecule has 0 spiro atoms. The third kappa shape index (κ3) is 3.61. The summed E-state index contributed by atoms with van der Waals surface area (Å²) in [5.74, 6) is 3.16. The molecule has 0 aromatic carbocycles. The molecule has 1 fully saturated rings. The van der Waals surface area contributed by atoms with Crippen LogP contribution in [0.1, 0.15) is 32.1 Å². The molecular formula is C11H16O2. The molecule has 0 unspecified atom stereocenters. The van der Waals surface area contributed by atoms with Gasteiger partial charge >= 0.3 is 0 Å². The molecule has 0 aromatic rings. The van der Waals surface area contributed by atoms with E-state index in [1.807, 2.05) is 0 Å². The first-order valence-electron chi connectivity index (χ1n) is 4.88. The van der Waals surface area contributed by atoms with E-state index in [1.54, 1.807) is 0 Å². The van der Waals surface area contributed by atoms with Gasteiger partial charge in [-0.2, -0.15) is 0 Å². The molecule has 2 nitrogen and oxygen atoms in total. The van der Waals surface area contributed by atoms with Crippen LogP contribution in [0.4, 0.5) is 0 Å². The van der Waals surface area contributed by atoms with Crippen LogP contribution >= 0.6 is 0 Å². The van der Waals surface area contributed by atoms with Crippen LogP contribution in [0.3, 0.4) is 0 Å². The molecule has 1 saturated heterocycles. The van der Waals surface area contributed by atoms with Gasteiger partial charge in [0.1, 0.15) is 5.78 Å². The van der Waals surface area contributed by atoms with Gasteiger partial charge in [0.15, 0.2) is 0 Å². The highest BCUT2D eigenvalue weighted by atomic mass is 16.5. The Morgan fingerprint density at radius 1 is 1.46 bits per heavy atom. The van der Waals surface area contributed by atoms with Gasteiger partial charge in [0.2, 0.25) is 0 Å². The molecular weight excluding hydrogens is 164 g/mol. The smallest absolute Gasteiger partial charge is 0.136 e. The van der Waals surface area contributed by atoms with Crippen molar-refractivity contribution in [2.24, 2.45) is 5.92 Å². The van der Waals surface area contributed by atoms with E-state index in [1.165, 1.54) is 0 Å². The zero-order chi connectivity index (χ0) is 9.52. The van der Waals surface area contributed by atoms with Gasteiger partial charge in [0.25, 0.3) is 0 Å². The number of carbonyl (C=O) groups is 1. The average molecular weight is 180 g/mol. The van der Waals surface area contributed by atoms with E-state index in [-0.39, 0.29) is 5.92 Å². The predicted molar refractivity (Wildman–Crippen MR) is 51.2 cm³/mol. The number of ether oxygens (including phenoxy) is 1. The molecule has 0 bridgehead atoms. The molecule has 1 aliphatic heterocycles. The maximum absolute atomic E-state index is 11.5. The van der Waals surface area contributed by atoms with Crippen molar-refractivity contribution in [2.45, 2.75) is 32.1 Å². The van der Waals surface area contributed by atoms with Crippen LogP contribution in [-0.4, -0.2) is 19.0 Å². The highest BCUT2D eigenvalue weighted by Gasteiger charge is 2.20. The fraction of sp³-hybridized carbons (Fsp3) is 0.727. The summed E-state index contributed by atoms with van der Waals surface area (Å²) in [6, 6.07) is 0. The summed E-state index contributed by atoms with van der Waals surface area (Å²) in [6.07, 6.45) is 9.11. The second-order valence-electron chi connectivity index (χ2n) is 3.41. The van der Waals surface area contributed by atoms with E-state index in [9.17, 15) is 4.79 Å².